The smallest absolute Gasteiger partial charge is 0.220 e. The molecule has 0 aliphatic carbocycles. The molecule has 0 fully saturated rings. The molecule has 2 N–H and O–H groups in total. The van der Waals surface area contributed by atoms with Crippen LogP contribution in [0.25, 0.3) is 22.2 Å². The van der Waals surface area contributed by atoms with Gasteiger partial charge >= 0.3 is 0 Å². The number of carbonyl (C=O) groups excluding carboxylic acids is 1. The molecule has 0 aliphatic rings. The molecule has 2 aromatic carbocycles. The van der Waals surface area contributed by atoms with Crippen molar-refractivity contribution in [3.63, 3.8) is 0 Å². The number of hydrogen-bond acceptors (Lipinski definition) is 3. The first-order valence-corrected chi connectivity index (χ1v) is 9.61. The van der Waals surface area contributed by atoms with Crippen LogP contribution in [0.2, 0.25) is 0 Å². The summed E-state index contributed by atoms with van der Waals surface area (Å²) in [6.45, 7) is 1.84. The number of nitrogens with one attached hydrogen (secondary N) is 2. The highest BCUT2D eigenvalue weighted by Crippen LogP contribution is 2.32. The first kappa shape index (κ1) is 19.8. The van der Waals surface area contributed by atoms with Crippen LogP contribution in [0.5, 0.6) is 0 Å². The van der Waals surface area contributed by atoms with E-state index in [0.29, 0.717) is 17.6 Å². The lowest BCUT2D eigenvalue weighted by Gasteiger charge is -2.13. The topological polar surface area (TPSA) is 75.6 Å². The van der Waals surface area contributed by atoms with Crippen LogP contribution < -0.4 is 5.32 Å². The minimum atomic E-state index is -0.353. The normalized spacial score (nSPS) is 12.3. The number of rotatable bonds is 6. The van der Waals surface area contributed by atoms with E-state index in [0.717, 1.165) is 22.3 Å². The van der Waals surface area contributed by atoms with E-state index in [4.69, 9.17) is 0 Å². The zero-order valence-corrected chi connectivity index (χ0v) is 16.6. The Kier molecular flexibility index (Phi) is 5.31. The molecule has 0 bridgehead atoms. The van der Waals surface area contributed by atoms with Crippen molar-refractivity contribution >= 4 is 16.8 Å². The van der Waals surface area contributed by atoms with Gasteiger partial charge in [0.05, 0.1) is 6.04 Å². The Hall–Kier alpha value is -3.55. The highest BCUT2D eigenvalue weighted by molar-refractivity contribution is 5.91. The molecule has 6 nitrogen and oxygen atoms in total. The number of fused-ring (bicyclic) bond motifs is 1. The molecule has 0 saturated carbocycles. The standard InChI is InChI=1S/C22H21F2N5O/c1-13(22-28-25-12-29(22)2)26-20(30)10-8-17-18-11-16(24)7-9-19(18)27-21(17)14-3-5-15(23)6-4-14/h3-7,9,11-13,27H,8,10H2,1-2H3,(H,26,30). The molecule has 1 amide bonds. The third-order valence-electron chi connectivity index (χ3n) is 5.11. The first-order chi connectivity index (χ1) is 14.4. The second-order valence-corrected chi connectivity index (χ2v) is 7.26. The zero-order valence-electron chi connectivity index (χ0n) is 16.6. The van der Waals surface area contributed by atoms with Gasteiger partial charge in [0.1, 0.15) is 18.0 Å². The van der Waals surface area contributed by atoms with Crippen molar-refractivity contribution < 1.29 is 13.6 Å². The number of aryl methyl sites for hydroxylation is 2. The number of hydrogen-bond donors (Lipinski definition) is 2. The minimum Gasteiger partial charge on any atom is -0.354 e. The average Bonchev–Trinajstić information content (AvgIpc) is 3.30. The highest BCUT2D eigenvalue weighted by Gasteiger charge is 2.18. The molecular formula is C22H21F2N5O. The molecule has 4 aromatic rings. The van der Waals surface area contributed by atoms with Gasteiger partial charge in [-0.15, -0.1) is 10.2 Å². The van der Waals surface area contributed by atoms with Gasteiger partial charge in [-0.05, 0) is 66.9 Å². The fraction of sp³-hybridized carbons (Fsp3) is 0.227. The summed E-state index contributed by atoms with van der Waals surface area (Å²) in [6, 6.07) is 10.3. The van der Waals surface area contributed by atoms with E-state index in [1.165, 1.54) is 24.3 Å². The summed E-state index contributed by atoms with van der Waals surface area (Å²) < 4.78 is 29.0. The van der Waals surface area contributed by atoms with Crippen molar-refractivity contribution in [2.24, 2.45) is 7.05 Å². The van der Waals surface area contributed by atoms with Crippen molar-refractivity contribution in [1.82, 2.24) is 25.1 Å². The number of halogens is 2. The van der Waals surface area contributed by atoms with Gasteiger partial charge in [-0.1, -0.05) is 0 Å². The summed E-state index contributed by atoms with van der Waals surface area (Å²) in [4.78, 5) is 15.8. The van der Waals surface area contributed by atoms with Crippen LogP contribution in [0.4, 0.5) is 8.78 Å². The van der Waals surface area contributed by atoms with Gasteiger partial charge in [0, 0.05) is 30.1 Å². The van der Waals surface area contributed by atoms with Crippen molar-refractivity contribution in [3.8, 4) is 11.3 Å². The van der Waals surface area contributed by atoms with E-state index in [-0.39, 0.29) is 30.0 Å². The van der Waals surface area contributed by atoms with Gasteiger partial charge < -0.3 is 14.9 Å². The molecule has 0 radical (unpaired) electrons. The molecule has 0 saturated heterocycles. The maximum absolute atomic E-state index is 13.9. The Balaban J connectivity index is 1.58. The lowest BCUT2D eigenvalue weighted by Crippen LogP contribution is -2.28. The number of amides is 1. The maximum Gasteiger partial charge on any atom is 0.220 e. The second kappa shape index (κ2) is 8.06. The molecule has 154 valence electrons. The van der Waals surface area contributed by atoms with E-state index in [2.05, 4.69) is 20.5 Å². The van der Waals surface area contributed by atoms with Gasteiger partial charge in [0.25, 0.3) is 0 Å². The molecule has 30 heavy (non-hydrogen) atoms. The second-order valence-electron chi connectivity index (χ2n) is 7.26. The van der Waals surface area contributed by atoms with Crippen LogP contribution >= 0.6 is 0 Å². The molecular weight excluding hydrogens is 388 g/mol. The van der Waals surface area contributed by atoms with Crippen LogP contribution in [0.15, 0.2) is 48.8 Å². The molecule has 1 unspecified atom stereocenters. The van der Waals surface area contributed by atoms with Gasteiger partial charge in [-0.3, -0.25) is 4.79 Å². The summed E-state index contributed by atoms with van der Waals surface area (Å²) in [6.07, 6.45) is 2.18. The first-order valence-electron chi connectivity index (χ1n) is 9.61. The third-order valence-corrected chi connectivity index (χ3v) is 5.11. The van der Waals surface area contributed by atoms with Gasteiger partial charge in [-0.25, -0.2) is 8.78 Å². The van der Waals surface area contributed by atoms with E-state index in [9.17, 15) is 13.6 Å². The van der Waals surface area contributed by atoms with Crippen molar-refractivity contribution in [2.75, 3.05) is 0 Å². The van der Waals surface area contributed by atoms with Crippen molar-refractivity contribution in [1.29, 1.82) is 0 Å². The van der Waals surface area contributed by atoms with Crippen LogP contribution in [0.3, 0.4) is 0 Å². The van der Waals surface area contributed by atoms with E-state index >= 15 is 0 Å². The lowest BCUT2D eigenvalue weighted by molar-refractivity contribution is -0.121. The van der Waals surface area contributed by atoms with Crippen molar-refractivity contribution in [3.05, 3.63) is 71.8 Å². The Morgan fingerprint density at radius 3 is 2.60 bits per heavy atom. The Morgan fingerprint density at radius 2 is 1.90 bits per heavy atom. The summed E-state index contributed by atoms with van der Waals surface area (Å²) in [5, 5.41) is 11.5. The monoisotopic (exact) mass is 409 g/mol. The van der Waals surface area contributed by atoms with Crippen LogP contribution in [-0.2, 0) is 18.3 Å². The number of aromatic nitrogens is 4. The fourth-order valence-corrected chi connectivity index (χ4v) is 3.64. The Labute approximate surface area is 171 Å². The predicted octanol–water partition coefficient (Wildman–Crippen LogP) is 4.05. The number of H-pyrrole nitrogens is 1. The van der Waals surface area contributed by atoms with E-state index in [1.807, 2.05) is 14.0 Å². The molecule has 0 spiro atoms. The van der Waals surface area contributed by atoms with E-state index < -0.39 is 0 Å². The van der Waals surface area contributed by atoms with Crippen molar-refractivity contribution in [2.45, 2.75) is 25.8 Å². The summed E-state index contributed by atoms with van der Waals surface area (Å²) >= 11 is 0. The molecule has 4 rings (SSSR count). The maximum atomic E-state index is 13.9. The van der Waals surface area contributed by atoms with Crippen LogP contribution in [0, 0.1) is 11.6 Å². The number of aromatic amines is 1. The number of benzene rings is 2. The molecule has 8 heteroatoms. The third kappa shape index (κ3) is 3.94. The zero-order chi connectivity index (χ0) is 21.3. The minimum absolute atomic E-state index is 0.152. The molecule has 2 heterocycles. The van der Waals surface area contributed by atoms with Crippen LogP contribution in [0.1, 0.15) is 30.8 Å². The summed E-state index contributed by atoms with van der Waals surface area (Å²) in [5.41, 5.74) is 3.11. The average molecular weight is 409 g/mol. The highest BCUT2D eigenvalue weighted by atomic mass is 19.1. The number of carbonyl (C=O) groups is 1. The van der Waals surface area contributed by atoms with E-state index in [1.54, 1.807) is 29.1 Å². The predicted molar refractivity (Wildman–Crippen MR) is 110 cm³/mol. The number of nitrogens with zero attached hydrogens (tertiary/aromatic N) is 3. The molecule has 1 atom stereocenters. The molecule has 2 aromatic heterocycles. The largest absolute Gasteiger partial charge is 0.354 e. The van der Waals surface area contributed by atoms with Crippen LogP contribution in [-0.4, -0.2) is 25.7 Å². The Morgan fingerprint density at radius 1 is 1.17 bits per heavy atom. The molecule has 0 aliphatic heterocycles. The van der Waals surface area contributed by atoms with Gasteiger partial charge in [0.2, 0.25) is 5.91 Å². The fourth-order valence-electron chi connectivity index (χ4n) is 3.64. The van der Waals surface area contributed by atoms with Gasteiger partial charge in [-0.2, -0.15) is 0 Å². The van der Waals surface area contributed by atoms with Gasteiger partial charge in [0.15, 0.2) is 5.82 Å². The lowest BCUT2D eigenvalue weighted by atomic mass is 10.0. The Bertz CT molecular complexity index is 1200. The SMILES string of the molecule is CC(NC(=O)CCc1c(-c2ccc(F)cc2)[nH]c2ccc(F)cc12)c1nncn1C. The summed E-state index contributed by atoms with van der Waals surface area (Å²) in [7, 11) is 1.81. The quantitative estimate of drug-likeness (QED) is 0.504. The summed E-state index contributed by atoms with van der Waals surface area (Å²) in [5.74, 6) is -0.181.